The van der Waals surface area contributed by atoms with E-state index in [1.54, 1.807) is 7.11 Å². The quantitative estimate of drug-likeness (QED) is 0.472. The van der Waals surface area contributed by atoms with Crippen LogP contribution in [0.15, 0.2) is 11.6 Å². The van der Waals surface area contributed by atoms with Crippen molar-refractivity contribution < 1.29 is 14.3 Å². The molecule has 0 aliphatic carbocycles. The highest BCUT2D eigenvalue weighted by Gasteiger charge is 2.40. The lowest BCUT2D eigenvalue weighted by Gasteiger charge is -2.41. The zero-order chi connectivity index (χ0) is 18.4. The highest BCUT2D eigenvalue weighted by molar-refractivity contribution is 6.74. The summed E-state index contributed by atoms with van der Waals surface area (Å²) in [6.07, 6.45) is 3.30. The molecule has 4 heteroatoms. The molecule has 0 rings (SSSR count). The lowest BCUT2D eigenvalue weighted by molar-refractivity contribution is -0.0162. The number of methoxy groups -OCH3 is 1. The van der Waals surface area contributed by atoms with Gasteiger partial charge in [-0.2, -0.15) is 0 Å². The lowest BCUT2D eigenvalue weighted by atomic mass is 9.94. The van der Waals surface area contributed by atoms with Crippen molar-refractivity contribution >= 4 is 8.32 Å². The summed E-state index contributed by atoms with van der Waals surface area (Å²) in [7, 11) is -0.0285. The molecule has 1 N–H and O–H groups in total. The van der Waals surface area contributed by atoms with Crippen LogP contribution in [0.3, 0.4) is 0 Å². The molecule has 4 atom stereocenters. The van der Waals surface area contributed by atoms with Crippen molar-refractivity contribution in [2.75, 3.05) is 13.7 Å². The minimum absolute atomic E-state index is 0.0449. The third-order valence-corrected chi connectivity index (χ3v) is 9.64. The zero-order valence-electron chi connectivity index (χ0n) is 17.1. The molecule has 3 nitrogen and oxygen atoms in total. The van der Waals surface area contributed by atoms with Gasteiger partial charge >= 0.3 is 0 Å². The number of allylic oxidation sites excluding steroid dienone is 1. The van der Waals surface area contributed by atoms with Crippen LogP contribution in [0.5, 0.6) is 0 Å². The van der Waals surface area contributed by atoms with E-state index in [4.69, 9.17) is 9.16 Å². The molecule has 0 aromatic heterocycles. The van der Waals surface area contributed by atoms with Crippen LogP contribution in [-0.4, -0.2) is 39.3 Å². The molecule has 138 valence electrons. The molecular weight excluding hydrogens is 304 g/mol. The molecule has 0 saturated heterocycles. The van der Waals surface area contributed by atoms with Crippen LogP contribution >= 0.6 is 0 Å². The molecule has 0 bridgehead atoms. The average molecular weight is 345 g/mol. The molecule has 0 aromatic carbocycles. The van der Waals surface area contributed by atoms with Gasteiger partial charge < -0.3 is 14.3 Å². The van der Waals surface area contributed by atoms with Crippen LogP contribution in [0.4, 0.5) is 0 Å². The number of aliphatic hydroxyl groups excluding tert-OH is 1. The van der Waals surface area contributed by atoms with Crippen molar-refractivity contribution in [2.24, 2.45) is 11.8 Å². The molecular formula is C19H40O3Si. The number of aliphatic hydroxyl groups is 1. The first-order valence-electron chi connectivity index (χ1n) is 8.84. The summed E-state index contributed by atoms with van der Waals surface area (Å²) >= 11 is 0. The standard InChI is InChI=1S/C19H40O3Si/c1-14(11-15(2)13-20)12-16(3)18(21-8)17(4)22-23(9,10)19(5,6)7/h12,15-18,20H,11,13H2,1-10H3/b14-12+/t15-,16-,17-,18-/m1/s1. The molecule has 0 amide bonds. The van der Waals surface area contributed by atoms with Crippen LogP contribution in [0.2, 0.25) is 18.1 Å². The maximum atomic E-state index is 9.20. The summed E-state index contributed by atoms with van der Waals surface area (Å²) in [4.78, 5) is 0. The highest BCUT2D eigenvalue weighted by atomic mass is 28.4. The maximum Gasteiger partial charge on any atom is 0.192 e. The number of hydrogen-bond acceptors (Lipinski definition) is 3. The van der Waals surface area contributed by atoms with Gasteiger partial charge in [0.1, 0.15) is 0 Å². The fourth-order valence-corrected chi connectivity index (χ4v) is 4.19. The largest absolute Gasteiger partial charge is 0.412 e. The van der Waals surface area contributed by atoms with Gasteiger partial charge in [0.25, 0.3) is 0 Å². The Morgan fingerprint density at radius 3 is 2.09 bits per heavy atom. The second kappa shape index (κ2) is 9.35. The van der Waals surface area contributed by atoms with Gasteiger partial charge in [-0.3, -0.25) is 0 Å². The molecule has 0 heterocycles. The van der Waals surface area contributed by atoms with E-state index in [0.717, 1.165) is 6.42 Å². The van der Waals surface area contributed by atoms with Crippen molar-refractivity contribution in [1.29, 1.82) is 0 Å². The van der Waals surface area contributed by atoms with Gasteiger partial charge in [0.05, 0.1) is 12.2 Å². The molecule has 23 heavy (non-hydrogen) atoms. The Kier molecular flexibility index (Phi) is 9.29. The summed E-state index contributed by atoms with van der Waals surface area (Å²) in [5.74, 6) is 0.589. The summed E-state index contributed by atoms with van der Waals surface area (Å²) in [5.41, 5.74) is 1.31. The van der Waals surface area contributed by atoms with Gasteiger partial charge in [-0.1, -0.05) is 46.3 Å². The van der Waals surface area contributed by atoms with Gasteiger partial charge in [-0.25, -0.2) is 0 Å². The summed E-state index contributed by atoms with van der Waals surface area (Å²) in [6, 6.07) is 0. The number of rotatable bonds is 9. The minimum atomic E-state index is -1.80. The third-order valence-electron chi connectivity index (χ3n) is 5.07. The van der Waals surface area contributed by atoms with Crippen molar-refractivity contribution in [3.63, 3.8) is 0 Å². The van der Waals surface area contributed by atoms with Crippen LogP contribution in [0.25, 0.3) is 0 Å². The molecule has 0 aromatic rings. The first-order valence-corrected chi connectivity index (χ1v) is 11.7. The van der Waals surface area contributed by atoms with Gasteiger partial charge in [0, 0.05) is 19.6 Å². The van der Waals surface area contributed by atoms with E-state index in [1.165, 1.54) is 5.57 Å². The minimum Gasteiger partial charge on any atom is -0.412 e. The topological polar surface area (TPSA) is 38.7 Å². The third kappa shape index (κ3) is 7.51. The van der Waals surface area contributed by atoms with E-state index < -0.39 is 8.32 Å². The Morgan fingerprint density at radius 2 is 1.70 bits per heavy atom. The summed E-state index contributed by atoms with van der Waals surface area (Å²) in [6.45, 7) is 20.1. The Morgan fingerprint density at radius 1 is 1.17 bits per heavy atom. The highest BCUT2D eigenvalue weighted by Crippen LogP contribution is 2.38. The molecule has 0 radical (unpaired) electrons. The van der Waals surface area contributed by atoms with E-state index in [0.29, 0.717) is 5.92 Å². The Hall–Kier alpha value is -0.163. The van der Waals surface area contributed by atoms with Gasteiger partial charge in [-0.15, -0.1) is 0 Å². The van der Waals surface area contributed by atoms with E-state index in [9.17, 15) is 5.11 Å². The van der Waals surface area contributed by atoms with E-state index in [1.807, 2.05) is 0 Å². The van der Waals surface area contributed by atoms with Crippen molar-refractivity contribution in [2.45, 2.75) is 85.2 Å². The van der Waals surface area contributed by atoms with Crippen LogP contribution in [-0.2, 0) is 9.16 Å². The fraction of sp³-hybridized carbons (Fsp3) is 0.895. The second-order valence-electron chi connectivity index (χ2n) is 8.65. The van der Waals surface area contributed by atoms with Crippen molar-refractivity contribution in [3.8, 4) is 0 Å². The zero-order valence-corrected chi connectivity index (χ0v) is 18.1. The molecule has 0 spiro atoms. The van der Waals surface area contributed by atoms with E-state index in [2.05, 4.69) is 67.6 Å². The lowest BCUT2D eigenvalue weighted by Crippen LogP contribution is -2.47. The predicted molar refractivity (Wildman–Crippen MR) is 102 cm³/mol. The Balaban J connectivity index is 4.96. The van der Waals surface area contributed by atoms with Crippen molar-refractivity contribution in [3.05, 3.63) is 11.6 Å². The van der Waals surface area contributed by atoms with Crippen molar-refractivity contribution in [1.82, 2.24) is 0 Å². The SMILES string of the molecule is CO[C@H]([C@H](C)/C=C(\C)C[C@@H](C)CO)[C@@H](C)O[Si](C)(C)C(C)(C)C. The predicted octanol–water partition coefficient (Wildman–Crippen LogP) is 5.01. The molecule has 0 aliphatic heterocycles. The number of hydrogen-bond donors (Lipinski definition) is 1. The maximum absolute atomic E-state index is 9.20. The van der Waals surface area contributed by atoms with Gasteiger partial charge in [0.2, 0.25) is 0 Å². The average Bonchev–Trinajstić information content (AvgIpc) is 2.36. The van der Waals surface area contributed by atoms with Gasteiger partial charge in [-0.05, 0) is 44.3 Å². The molecule has 0 fully saturated rings. The van der Waals surface area contributed by atoms with E-state index in [-0.39, 0.29) is 29.8 Å². The Labute approximate surface area is 145 Å². The van der Waals surface area contributed by atoms with Crippen LogP contribution in [0.1, 0.15) is 54.9 Å². The monoisotopic (exact) mass is 344 g/mol. The van der Waals surface area contributed by atoms with Crippen LogP contribution < -0.4 is 0 Å². The fourth-order valence-electron chi connectivity index (χ4n) is 2.77. The Bertz CT molecular complexity index is 371. The molecule has 0 saturated carbocycles. The van der Waals surface area contributed by atoms with E-state index >= 15 is 0 Å². The molecule has 0 unspecified atom stereocenters. The first kappa shape index (κ1) is 22.8. The van der Waals surface area contributed by atoms with Crippen LogP contribution in [0, 0.1) is 11.8 Å². The second-order valence-corrected chi connectivity index (χ2v) is 13.4. The first-order chi connectivity index (χ1) is 10.4. The number of ether oxygens (including phenoxy) is 1. The summed E-state index contributed by atoms with van der Waals surface area (Å²) in [5, 5.41) is 9.40. The van der Waals surface area contributed by atoms with Gasteiger partial charge in [0.15, 0.2) is 8.32 Å². The molecule has 0 aliphatic rings. The smallest absolute Gasteiger partial charge is 0.192 e. The summed E-state index contributed by atoms with van der Waals surface area (Å²) < 4.78 is 12.3. The normalized spacial score (nSPS) is 19.3.